The van der Waals surface area contributed by atoms with Crippen molar-refractivity contribution in [2.24, 2.45) is 5.10 Å². The number of morpholine rings is 1. The van der Waals surface area contributed by atoms with E-state index in [0.717, 1.165) is 25.7 Å². The number of para-hydroxylation sites is 1. The quantitative estimate of drug-likeness (QED) is 0.465. The van der Waals surface area contributed by atoms with E-state index in [2.05, 4.69) is 5.10 Å². The standard InChI is InChI=1S/C27H29ClN4O4/c28-21-10-11-24(36-18-25(33)31-12-14-35-15-13-31)20(16-21)17-29-32-26(19-6-2-1-3-7-19)30-23-9-5-4-8-22(23)27(32)34/h4-5,8-11,16-17,19H,1-3,6-7,12-15,18H2. The predicted molar refractivity (Wildman–Crippen MR) is 139 cm³/mol. The highest BCUT2D eigenvalue weighted by atomic mass is 35.5. The second-order valence-corrected chi connectivity index (χ2v) is 9.58. The number of aromatic nitrogens is 2. The SMILES string of the molecule is O=C(COc1ccc(Cl)cc1C=Nn1c(C2CCCCC2)nc2ccccc2c1=O)N1CCOCC1. The van der Waals surface area contributed by atoms with Gasteiger partial charge < -0.3 is 14.4 Å². The molecule has 36 heavy (non-hydrogen) atoms. The maximum atomic E-state index is 13.4. The van der Waals surface area contributed by atoms with E-state index in [1.54, 1.807) is 35.4 Å². The van der Waals surface area contributed by atoms with Crippen LogP contribution in [0.3, 0.4) is 0 Å². The summed E-state index contributed by atoms with van der Waals surface area (Å²) < 4.78 is 12.6. The van der Waals surface area contributed by atoms with Crippen molar-refractivity contribution in [3.63, 3.8) is 0 Å². The lowest BCUT2D eigenvalue weighted by atomic mass is 9.88. The molecule has 1 aromatic heterocycles. The number of hydrogen-bond acceptors (Lipinski definition) is 6. The molecule has 0 unspecified atom stereocenters. The Labute approximate surface area is 214 Å². The summed E-state index contributed by atoms with van der Waals surface area (Å²) in [6.07, 6.45) is 6.95. The van der Waals surface area contributed by atoms with Gasteiger partial charge in [0.05, 0.1) is 30.3 Å². The highest BCUT2D eigenvalue weighted by Gasteiger charge is 2.22. The molecule has 2 fully saturated rings. The summed E-state index contributed by atoms with van der Waals surface area (Å²) in [5.74, 6) is 1.22. The van der Waals surface area contributed by atoms with Gasteiger partial charge in [0.1, 0.15) is 11.6 Å². The molecule has 2 aliphatic rings. The maximum Gasteiger partial charge on any atom is 0.282 e. The highest BCUT2D eigenvalue weighted by Crippen LogP contribution is 2.32. The molecular formula is C27H29ClN4O4. The zero-order valence-corrected chi connectivity index (χ0v) is 20.8. The number of halogens is 1. The molecule has 3 aromatic rings. The van der Waals surface area contributed by atoms with Crippen LogP contribution in [0.2, 0.25) is 5.02 Å². The Morgan fingerprint density at radius 3 is 2.72 bits per heavy atom. The van der Waals surface area contributed by atoms with E-state index >= 15 is 0 Å². The molecule has 0 radical (unpaired) electrons. The maximum absolute atomic E-state index is 13.4. The first-order chi connectivity index (χ1) is 17.6. The van der Waals surface area contributed by atoms with E-state index in [9.17, 15) is 9.59 Å². The molecule has 0 atom stereocenters. The molecule has 188 valence electrons. The van der Waals surface area contributed by atoms with E-state index in [0.29, 0.717) is 59.4 Å². The number of carbonyl (C=O) groups excluding carboxylic acids is 1. The van der Waals surface area contributed by atoms with Crippen molar-refractivity contribution in [2.45, 2.75) is 38.0 Å². The van der Waals surface area contributed by atoms with Gasteiger partial charge in [0.15, 0.2) is 6.61 Å². The minimum atomic E-state index is -0.204. The van der Waals surface area contributed by atoms with Gasteiger partial charge in [-0.3, -0.25) is 9.59 Å². The fourth-order valence-corrected chi connectivity index (χ4v) is 4.97. The number of carbonyl (C=O) groups is 1. The van der Waals surface area contributed by atoms with Gasteiger partial charge in [-0.15, -0.1) is 0 Å². The Morgan fingerprint density at radius 1 is 1.14 bits per heavy atom. The van der Waals surface area contributed by atoms with E-state index < -0.39 is 0 Å². The lowest BCUT2D eigenvalue weighted by molar-refractivity contribution is -0.137. The van der Waals surface area contributed by atoms with Gasteiger partial charge in [0, 0.05) is 29.6 Å². The minimum absolute atomic E-state index is 0.104. The molecule has 1 aliphatic carbocycles. The first-order valence-corrected chi connectivity index (χ1v) is 12.8. The molecular weight excluding hydrogens is 480 g/mol. The van der Waals surface area contributed by atoms with E-state index in [4.69, 9.17) is 26.1 Å². The van der Waals surface area contributed by atoms with E-state index in [1.165, 1.54) is 11.1 Å². The summed E-state index contributed by atoms with van der Waals surface area (Å²) in [7, 11) is 0. The molecule has 2 aromatic carbocycles. The van der Waals surface area contributed by atoms with Gasteiger partial charge in [-0.05, 0) is 43.2 Å². The fraction of sp³-hybridized carbons (Fsp3) is 0.407. The van der Waals surface area contributed by atoms with E-state index in [-0.39, 0.29) is 24.0 Å². The smallest absolute Gasteiger partial charge is 0.282 e. The van der Waals surface area contributed by atoms with Gasteiger partial charge in [0.25, 0.3) is 11.5 Å². The zero-order valence-electron chi connectivity index (χ0n) is 20.1. The van der Waals surface area contributed by atoms with E-state index in [1.807, 2.05) is 18.2 Å². The number of hydrogen-bond donors (Lipinski definition) is 0. The molecule has 2 heterocycles. The second kappa shape index (κ2) is 11.2. The van der Waals surface area contributed by atoms with Crippen LogP contribution in [0.1, 0.15) is 49.4 Å². The van der Waals surface area contributed by atoms with Crippen molar-refractivity contribution >= 4 is 34.6 Å². The molecule has 1 saturated carbocycles. The van der Waals surface area contributed by atoms with Crippen molar-refractivity contribution in [3.05, 3.63) is 69.2 Å². The largest absolute Gasteiger partial charge is 0.483 e. The first-order valence-electron chi connectivity index (χ1n) is 12.4. The van der Waals surface area contributed by atoms with Crippen LogP contribution < -0.4 is 10.3 Å². The van der Waals surface area contributed by atoms with Crippen LogP contribution in [0.5, 0.6) is 5.75 Å². The molecule has 0 spiro atoms. The van der Waals surface area contributed by atoms with Crippen LogP contribution in [-0.4, -0.2) is 59.6 Å². The van der Waals surface area contributed by atoms with Crippen molar-refractivity contribution in [1.82, 2.24) is 14.6 Å². The van der Waals surface area contributed by atoms with Crippen molar-refractivity contribution < 1.29 is 14.3 Å². The monoisotopic (exact) mass is 508 g/mol. The summed E-state index contributed by atoms with van der Waals surface area (Å²) in [5.41, 5.74) is 1.05. The third kappa shape index (κ3) is 5.44. The fourth-order valence-electron chi connectivity index (χ4n) is 4.79. The molecule has 9 heteroatoms. The molecule has 0 N–H and O–H groups in total. The van der Waals surface area contributed by atoms with Crippen LogP contribution in [0.15, 0.2) is 52.4 Å². The van der Waals surface area contributed by atoms with Crippen LogP contribution in [0, 0.1) is 0 Å². The Bertz CT molecular complexity index is 1330. The Hall–Kier alpha value is -3.23. The topological polar surface area (TPSA) is 86.0 Å². The molecule has 1 amide bonds. The van der Waals surface area contributed by atoms with Crippen molar-refractivity contribution in [3.8, 4) is 5.75 Å². The number of amides is 1. The first kappa shape index (κ1) is 24.5. The van der Waals surface area contributed by atoms with Crippen LogP contribution in [0.4, 0.5) is 0 Å². The number of nitrogens with zero attached hydrogens (tertiary/aromatic N) is 4. The minimum Gasteiger partial charge on any atom is -0.483 e. The summed E-state index contributed by atoms with van der Waals surface area (Å²) >= 11 is 6.26. The van der Waals surface area contributed by atoms with Gasteiger partial charge in [-0.25, -0.2) is 4.98 Å². The average Bonchev–Trinajstić information content (AvgIpc) is 2.92. The molecule has 8 nitrogen and oxygen atoms in total. The lowest BCUT2D eigenvalue weighted by Gasteiger charge is -2.26. The van der Waals surface area contributed by atoms with Gasteiger partial charge in [-0.2, -0.15) is 9.78 Å². The number of ether oxygens (including phenoxy) is 2. The van der Waals surface area contributed by atoms with Crippen LogP contribution in [0.25, 0.3) is 10.9 Å². The van der Waals surface area contributed by atoms with Crippen molar-refractivity contribution in [1.29, 1.82) is 0 Å². The normalized spacial score (nSPS) is 17.1. The van der Waals surface area contributed by atoms with Crippen LogP contribution >= 0.6 is 11.6 Å². The zero-order chi connectivity index (χ0) is 24.9. The summed E-state index contributed by atoms with van der Waals surface area (Å²) in [6, 6.07) is 12.5. The van der Waals surface area contributed by atoms with Gasteiger partial charge >= 0.3 is 0 Å². The number of rotatable bonds is 6. The van der Waals surface area contributed by atoms with Crippen LogP contribution in [-0.2, 0) is 9.53 Å². The summed E-state index contributed by atoms with van der Waals surface area (Å²) in [5, 5.41) is 5.61. The highest BCUT2D eigenvalue weighted by molar-refractivity contribution is 6.30. The Balaban J connectivity index is 1.46. The van der Waals surface area contributed by atoms with Gasteiger partial charge in [-0.1, -0.05) is 43.0 Å². The molecule has 0 bridgehead atoms. The Kier molecular flexibility index (Phi) is 7.63. The van der Waals surface area contributed by atoms with Crippen molar-refractivity contribution in [2.75, 3.05) is 32.9 Å². The average molecular weight is 509 g/mol. The molecule has 5 rings (SSSR count). The molecule has 1 saturated heterocycles. The Morgan fingerprint density at radius 2 is 1.92 bits per heavy atom. The lowest BCUT2D eigenvalue weighted by Crippen LogP contribution is -2.43. The summed E-state index contributed by atoms with van der Waals surface area (Å²) in [4.78, 5) is 32.6. The molecule has 1 aliphatic heterocycles. The number of benzene rings is 2. The third-order valence-corrected chi connectivity index (χ3v) is 6.98. The predicted octanol–water partition coefficient (Wildman–Crippen LogP) is 4.22. The second-order valence-electron chi connectivity index (χ2n) is 9.15. The van der Waals surface area contributed by atoms with Gasteiger partial charge in [0.2, 0.25) is 0 Å². The number of fused-ring (bicyclic) bond motifs is 1. The third-order valence-electron chi connectivity index (χ3n) is 6.75. The summed E-state index contributed by atoms with van der Waals surface area (Å²) in [6.45, 7) is 2.07.